The molecule has 2 aromatic heterocycles. The number of fused-ring (bicyclic) bond motifs is 1. The Morgan fingerprint density at radius 2 is 1.97 bits per heavy atom. The van der Waals surface area contributed by atoms with Crippen LogP contribution in [0.3, 0.4) is 0 Å². The van der Waals surface area contributed by atoms with Crippen molar-refractivity contribution in [1.82, 2.24) is 25.2 Å². The van der Waals surface area contributed by atoms with Gasteiger partial charge in [-0.2, -0.15) is 23.4 Å². The van der Waals surface area contributed by atoms with Crippen molar-refractivity contribution >= 4 is 11.9 Å². The highest BCUT2D eigenvalue weighted by molar-refractivity contribution is 5.94. The first kappa shape index (κ1) is 23.6. The summed E-state index contributed by atoms with van der Waals surface area (Å²) in [6.45, 7) is 7.43. The van der Waals surface area contributed by atoms with E-state index in [2.05, 4.69) is 20.3 Å². The van der Waals surface area contributed by atoms with Gasteiger partial charge in [-0.25, -0.2) is 4.79 Å². The molecule has 0 spiro atoms. The molecule has 0 saturated carbocycles. The number of aromatic nitrogens is 3. The van der Waals surface area contributed by atoms with Crippen LogP contribution in [0.15, 0.2) is 23.0 Å². The predicted octanol–water partition coefficient (Wildman–Crippen LogP) is 1.44. The number of aliphatic carboxylic acids is 1. The van der Waals surface area contributed by atoms with Gasteiger partial charge in [0.05, 0.1) is 42.4 Å². The van der Waals surface area contributed by atoms with E-state index in [1.165, 1.54) is 12.4 Å². The van der Waals surface area contributed by atoms with Crippen LogP contribution < -0.4 is 0 Å². The van der Waals surface area contributed by atoms with Crippen molar-refractivity contribution in [2.24, 2.45) is 0 Å². The predicted molar refractivity (Wildman–Crippen MR) is 102 cm³/mol. The Balaban J connectivity index is 0.000000360. The molecule has 13 heteroatoms. The highest BCUT2D eigenvalue weighted by Crippen LogP contribution is 2.27. The van der Waals surface area contributed by atoms with Gasteiger partial charge in [-0.05, 0) is 19.9 Å². The minimum Gasteiger partial charge on any atom is -0.475 e. The number of hydrogen-bond acceptors (Lipinski definition) is 8. The molecule has 174 valence electrons. The third-order valence-corrected chi connectivity index (χ3v) is 5.32. The van der Waals surface area contributed by atoms with Crippen LogP contribution in [-0.4, -0.2) is 86.7 Å². The molecule has 2 atom stereocenters. The topological polar surface area (TPSA) is 122 Å². The first-order valence-electron chi connectivity index (χ1n) is 9.71. The third kappa shape index (κ3) is 5.40. The number of aryl methyl sites for hydroxylation is 2. The number of alkyl halides is 3. The smallest absolute Gasteiger partial charge is 0.475 e. The van der Waals surface area contributed by atoms with Crippen molar-refractivity contribution in [3.8, 4) is 0 Å². The van der Waals surface area contributed by atoms with Gasteiger partial charge in [0.15, 0.2) is 0 Å². The Kier molecular flexibility index (Phi) is 7.09. The first-order chi connectivity index (χ1) is 15.1. The van der Waals surface area contributed by atoms with Gasteiger partial charge in [0.2, 0.25) is 0 Å². The number of rotatable bonds is 3. The molecule has 0 aromatic carbocycles. The number of hydrogen-bond donors (Lipinski definition) is 1. The van der Waals surface area contributed by atoms with Gasteiger partial charge in [-0.15, -0.1) is 0 Å². The van der Waals surface area contributed by atoms with Crippen LogP contribution in [0.5, 0.6) is 0 Å². The normalized spacial score (nSPS) is 21.0. The number of halogens is 3. The van der Waals surface area contributed by atoms with Gasteiger partial charge in [0.25, 0.3) is 5.91 Å². The van der Waals surface area contributed by atoms with E-state index in [0.717, 1.165) is 30.1 Å². The van der Waals surface area contributed by atoms with E-state index in [4.69, 9.17) is 19.2 Å². The van der Waals surface area contributed by atoms with Crippen molar-refractivity contribution in [2.75, 3.05) is 26.2 Å². The maximum atomic E-state index is 12.7. The highest BCUT2D eigenvalue weighted by Gasteiger charge is 2.42. The van der Waals surface area contributed by atoms with E-state index in [1.54, 1.807) is 6.07 Å². The van der Waals surface area contributed by atoms with Crippen molar-refractivity contribution in [2.45, 2.75) is 38.7 Å². The summed E-state index contributed by atoms with van der Waals surface area (Å²) in [5, 5.41) is 18.7. The quantitative estimate of drug-likeness (QED) is 0.730. The Morgan fingerprint density at radius 3 is 2.53 bits per heavy atom. The van der Waals surface area contributed by atoms with E-state index < -0.39 is 12.1 Å². The summed E-state index contributed by atoms with van der Waals surface area (Å²) in [6, 6.07) is 1.88. The van der Waals surface area contributed by atoms with Crippen LogP contribution in [-0.2, 0) is 16.1 Å². The number of ether oxygens (including phenoxy) is 1. The second-order valence-corrected chi connectivity index (χ2v) is 7.39. The van der Waals surface area contributed by atoms with E-state index in [-0.39, 0.29) is 18.1 Å². The molecule has 2 aliphatic rings. The van der Waals surface area contributed by atoms with Crippen molar-refractivity contribution in [1.29, 1.82) is 0 Å². The fourth-order valence-corrected chi connectivity index (χ4v) is 3.65. The van der Waals surface area contributed by atoms with Gasteiger partial charge in [0, 0.05) is 31.7 Å². The van der Waals surface area contributed by atoms with Crippen LogP contribution in [0.1, 0.15) is 27.4 Å². The summed E-state index contributed by atoms with van der Waals surface area (Å²) in [4.78, 5) is 25.8. The van der Waals surface area contributed by atoms with E-state index in [1.807, 2.05) is 18.7 Å². The molecule has 2 saturated heterocycles. The molecule has 32 heavy (non-hydrogen) atoms. The maximum Gasteiger partial charge on any atom is 0.490 e. The molecule has 4 rings (SSSR count). The molecule has 0 aliphatic carbocycles. The zero-order valence-electron chi connectivity index (χ0n) is 17.4. The number of carbonyl (C=O) groups excluding carboxylic acids is 1. The molecule has 10 nitrogen and oxygen atoms in total. The summed E-state index contributed by atoms with van der Waals surface area (Å²) < 4.78 is 42.9. The van der Waals surface area contributed by atoms with Crippen LogP contribution >= 0.6 is 0 Å². The fraction of sp³-hybridized carbons (Fsp3) is 0.526. The zero-order chi connectivity index (χ0) is 23.5. The Labute approximate surface area is 180 Å². The molecule has 2 aromatic rings. The van der Waals surface area contributed by atoms with Crippen LogP contribution in [0.2, 0.25) is 0 Å². The molecule has 0 unspecified atom stereocenters. The first-order valence-corrected chi connectivity index (χ1v) is 9.71. The number of likely N-dealkylation sites (tertiary alicyclic amines) is 1. The summed E-state index contributed by atoms with van der Waals surface area (Å²) in [7, 11) is 0. The van der Waals surface area contributed by atoms with Crippen molar-refractivity contribution < 1.29 is 37.1 Å². The largest absolute Gasteiger partial charge is 0.490 e. The lowest BCUT2D eigenvalue weighted by Gasteiger charge is -2.36. The third-order valence-electron chi connectivity index (χ3n) is 5.32. The summed E-state index contributed by atoms with van der Waals surface area (Å²) >= 11 is 0. The Hall–Kier alpha value is -3.06. The molecule has 2 aliphatic heterocycles. The van der Waals surface area contributed by atoms with Crippen molar-refractivity contribution in [3.63, 3.8) is 0 Å². The molecular formula is C19H22F3N5O5. The minimum atomic E-state index is -5.08. The highest BCUT2D eigenvalue weighted by atomic mass is 19.4. The van der Waals surface area contributed by atoms with Gasteiger partial charge in [-0.3, -0.25) is 9.69 Å². The van der Waals surface area contributed by atoms with Crippen LogP contribution in [0, 0.1) is 13.8 Å². The Bertz CT molecular complexity index is 933. The lowest BCUT2D eigenvalue weighted by atomic mass is 10.1. The average molecular weight is 457 g/mol. The lowest BCUT2D eigenvalue weighted by molar-refractivity contribution is -0.192. The summed E-state index contributed by atoms with van der Waals surface area (Å²) in [5.41, 5.74) is 2.61. The second-order valence-electron chi connectivity index (χ2n) is 7.39. The SMILES string of the molecule is Cc1noc(C)c1CN1CCO[C@H]2CN(C(=O)c3ccnnc3)C[C@H]21.O=C(O)C(F)(F)F. The van der Waals surface area contributed by atoms with Gasteiger partial charge >= 0.3 is 12.1 Å². The number of nitrogens with zero attached hydrogens (tertiary/aromatic N) is 5. The minimum absolute atomic E-state index is 0.0230. The molecule has 2 fully saturated rings. The number of carbonyl (C=O) groups is 2. The molecule has 1 amide bonds. The van der Waals surface area contributed by atoms with Crippen LogP contribution in [0.25, 0.3) is 0 Å². The molecular weight excluding hydrogens is 435 g/mol. The second kappa shape index (κ2) is 9.61. The van der Waals surface area contributed by atoms with Gasteiger partial charge < -0.3 is 19.3 Å². The number of carboxylic acid groups (broad SMARTS) is 1. The number of morpholine rings is 1. The molecule has 4 heterocycles. The fourth-order valence-electron chi connectivity index (χ4n) is 3.65. The monoisotopic (exact) mass is 457 g/mol. The molecule has 0 radical (unpaired) electrons. The lowest BCUT2D eigenvalue weighted by Crippen LogP contribution is -2.50. The maximum absolute atomic E-state index is 12.7. The zero-order valence-corrected chi connectivity index (χ0v) is 17.4. The van der Waals surface area contributed by atoms with Gasteiger partial charge in [0.1, 0.15) is 5.76 Å². The van der Waals surface area contributed by atoms with Crippen molar-refractivity contribution in [3.05, 3.63) is 41.0 Å². The van der Waals surface area contributed by atoms with E-state index in [0.29, 0.717) is 25.3 Å². The number of amides is 1. The van der Waals surface area contributed by atoms with Gasteiger partial charge in [-0.1, -0.05) is 5.16 Å². The summed E-state index contributed by atoms with van der Waals surface area (Å²) in [5.74, 6) is -1.92. The summed E-state index contributed by atoms with van der Waals surface area (Å²) in [6.07, 6.45) is -2.00. The molecule has 0 bridgehead atoms. The van der Waals surface area contributed by atoms with E-state index in [9.17, 15) is 18.0 Å². The molecule has 1 N–H and O–H groups in total. The van der Waals surface area contributed by atoms with Crippen LogP contribution in [0.4, 0.5) is 13.2 Å². The number of carboxylic acids is 1. The van der Waals surface area contributed by atoms with E-state index >= 15 is 0 Å². The standard InChI is InChI=1S/C17H21N5O3.C2HF3O2/c1-11-14(12(2)25-20-11)8-21-5-6-24-16-10-22(9-15(16)21)17(23)13-3-4-18-19-7-13;3-2(4,5)1(6)7/h3-4,7,15-16H,5-6,8-10H2,1-2H3;(H,6,7)/t15-,16+;/m1./s1. The Morgan fingerprint density at radius 1 is 1.25 bits per heavy atom. The average Bonchev–Trinajstić information content (AvgIpc) is 3.33.